The number of benzene rings is 3. The van der Waals surface area contributed by atoms with Crippen molar-refractivity contribution in [2.45, 2.75) is 31.8 Å². The van der Waals surface area contributed by atoms with Gasteiger partial charge >= 0.3 is 0 Å². The van der Waals surface area contributed by atoms with Crippen molar-refractivity contribution in [2.75, 3.05) is 0 Å². The van der Waals surface area contributed by atoms with Crippen LogP contribution in [0.1, 0.15) is 41.3 Å². The van der Waals surface area contributed by atoms with Gasteiger partial charge in [-0.15, -0.1) is 0 Å². The Labute approximate surface area is 205 Å². The Balaban J connectivity index is 1.53. The van der Waals surface area contributed by atoms with Crippen molar-refractivity contribution in [1.82, 2.24) is 10.3 Å². The summed E-state index contributed by atoms with van der Waals surface area (Å²) in [6, 6.07) is 28.7. The maximum Gasteiger partial charge on any atom is 0.238 e. The van der Waals surface area contributed by atoms with Crippen LogP contribution in [-0.4, -0.2) is 16.9 Å². The van der Waals surface area contributed by atoms with Crippen LogP contribution in [-0.2, 0) is 4.79 Å². The van der Waals surface area contributed by atoms with E-state index in [0.29, 0.717) is 5.02 Å². The van der Waals surface area contributed by atoms with Gasteiger partial charge in [0.2, 0.25) is 5.91 Å². The first-order chi connectivity index (χ1) is 16.4. The fourth-order valence-electron chi connectivity index (χ4n) is 4.04. The molecule has 1 aromatic heterocycles. The topological polar surface area (TPSA) is 68.0 Å². The number of carbonyl (C=O) groups is 1. The summed E-state index contributed by atoms with van der Waals surface area (Å²) in [5.41, 5.74) is 12.5. The Bertz CT molecular complexity index is 1240. The molecule has 3 atom stereocenters. The lowest BCUT2D eigenvalue weighted by Crippen LogP contribution is -2.45. The highest BCUT2D eigenvalue weighted by Crippen LogP contribution is 2.27. The molecule has 0 bridgehead atoms. The Kier molecular flexibility index (Phi) is 7.41. The van der Waals surface area contributed by atoms with Crippen LogP contribution in [0.2, 0.25) is 5.02 Å². The molecule has 4 rings (SSSR count). The number of halogens is 1. The lowest BCUT2D eigenvalue weighted by Gasteiger charge is -2.25. The van der Waals surface area contributed by atoms with Gasteiger partial charge in [-0.2, -0.15) is 0 Å². The van der Waals surface area contributed by atoms with Gasteiger partial charge in [0.15, 0.2) is 0 Å². The molecule has 1 heterocycles. The number of carbonyl (C=O) groups excluding carboxylic acids is 1. The van der Waals surface area contributed by atoms with Gasteiger partial charge in [0.05, 0.1) is 12.1 Å². The number of hydrogen-bond acceptors (Lipinski definition) is 3. The molecule has 3 N–H and O–H groups in total. The van der Waals surface area contributed by atoms with E-state index in [9.17, 15) is 4.79 Å². The van der Waals surface area contributed by atoms with Gasteiger partial charge in [-0.25, -0.2) is 0 Å². The summed E-state index contributed by atoms with van der Waals surface area (Å²) in [4.78, 5) is 17.6. The SMILES string of the molecule is Cc1cc(C(NC(=O)[C@@H](N)[C@@H](C)c2ccc(-c3ccccc3)cc2)c2ccc(Cl)cc2)ccn1. The van der Waals surface area contributed by atoms with Crippen molar-refractivity contribution >= 4 is 17.5 Å². The van der Waals surface area contributed by atoms with Crippen LogP contribution >= 0.6 is 11.6 Å². The fraction of sp³-hybridized carbons (Fsp3) is 0.172. The van der Waals surface area contributed by atoms with Gasteiger partial charge < -0.3 is 11.1 Å². The van der Waals surface area contributed by atoms with Crippen LogP contribution in [0.15, 0.2) is 97.2 Å². The lowest BCUT2D eigenvalue weighted by atomic mass is 9.91. The molecule has 4 nitrogen and oxygen atoms in total. The zero-order chi connectivity index (χ0) is 24.1. The van der Waals surface area contributed by atoms with Crippen LogP contribution in [0, 0.1) is 6.92 Å². The summed E-state index contributed by atoms with van der Waals surface area (Å²) in [5.74, 6) is -0.371. The quantitative estimate of drug-likeness (QED) is 0.346. The number of nitrogens with one attached hydrogen (secondary N) is 1. The summed E-state index contributed by atoms with van der Waals surface area (Å²) in [6.07, 6.45) is 1.75. The first-order valence-corrected chi connectivity index (χ1v) is 11.7. The molecule has 3 aromatic carbocycles. The molecule has 0 fully saturated rings. The first kappa shape index (κ1) is 23.7. The maximum atomic E-state index is 13.3. The molecular formula is C29H28ClN3O. The standard InChI is InChI=1S/C29H28ClN3O/c1-19-18-25(16-17-32-19)28(24-12-14-26(30)15-13-24)33-29(34)27(31)20(2)21-8-10-23(11-9-21)22-6-4-3-5-7-22/h3-18,20,27-28H,31H2,1-2H3,(H,33,34)/t20-,27-,28?/m0/s1. The van der Waals surface area contributed by atoms with Crippen molar-refractivity contribution < 1.29 is 4.79 Å². The second-order valence-corrected chi connectivity index (χ2v) is 8.96. The number of amides is 1. The van der Waals surface area contributed by atoms with Crippen LogP contribution in [0.25, 0.3) is 11.1 Å². The summed E-state index contributed by atoms with van der Waals surface area (Å²) >= 11 is 6.09. The molecule has 0 aliphatic carbocycles. The van der Waals surface area contributed by atoms with E-state index in [1.165, 1.54) is 0 Å². The molecule has 34 heavy (non-hydrogen) atoms. The number of aryl methyl sites for hydroxylation is 1. The van der Waals surface area contributed by atoms with E-state index < -0.39 is 6.04 Å². The second kappa shape index (κ2) is 10.6. The van der Waals surface area contributed by atoms with Crippen LogP contribution in [0.5, 0.6) is 0 Å². The number of rotatable bonds is 7. The van der Waals surface area contributed by atoms with Crippen molar-refractivity contribution in [1.29, 1.82) is 0 Å². The third-order valence-electron chi connectivity index (χ3n) is 6.13. The average molecular weight is 470 g/mol. The van der Waals surface area contributed by atoms with Gasteiger partial charge in [-0.3, -0.25) is 9.78 Å². The number of aromatic nitrogens is 1. The fourth-order valence-corrected chi connectivity index (χ4v) is 4.17. The van der Waals surface area contributed by atoms with E-state index in [1.54, 1.807) is 6.20 Å². The minimum atomic E-state index is -0.708. The van der Waals surface area contributed by atoms with Gasteiger partial charge in [-0.05, 0) is 59.0 Å². The zero-order valence-corrected chi connectivity index (χ0v) is 20.0. The predicted octanol–water partition coefficient (Wildman–Crippen LogP) is 6.05. The van der Waals surface area contributed by atoms with E-state index in [0.717, 1.165) is 33.5 Å². The highest BCUT2D eigenvalue weighted by molar-refractivity contribution is 6.30. The number of pyridine rings is 1. The monoisotopic (exact) mass is 469 g/mol. The highest BCUT2D eigenvalue weighted by Gasteiger charge is 2.26. The Morgan fingerprint density at radius 2 is 1.47 bits per heavy atom. The third kappa shape index (κ3) is 5.53. The van der Waals surface area contributed by atoms with E-state index in [-0.39, 0.29) is 17.9 Å². The summed E-state index contributed by atoms with van der Waals surface area (Å²) < 4.78 is 0. The summed E-state index contributed by atoms with van der Waals surface area (Å²) in [6.45, 7) is 3.91. The van der Waals surface area contributed by atoms with E-state index in [2.05, 4.69) is 34.6 Å². The van der Waals surface area contributed by atoms with E-state index in [1.807, 2.05) is 80.6 Å². The second-order valence-electron chi connectivity index (χ2n) is 8.53. The van der Waals surface area contributed by atoms with Crippen molar-refractivity contribution in [3.63, 3.8) is 0 Å². The smallest absolute Gasteiger partial charge is 0.238 e. The molecule has 172 valence electrons. The summed E-state index contributed by atoms with van der Waals surface area (Å²) in [5, 5.41) is 3.79. The molecule has 0 radical (unpaired) electrons. The largest absolute Gasteiger partial charge is 0.344 e. The molecule has 0 aliphatic heterocycles. The van der Waals surface area contributed by atoms with E-state index >= 15 is 0 Å². The van der Waals surface area contributed by atoms with Crippen LogP contribution in [0.3, 0.4) is 0 Å². The molecule has 5 heteroatoms. The van der Waals surface area contributed by atoms with E-state index in [4.69, 9.17) is 17.3 Å². The Hall–Kier alpha value is -3.47. The molecule has 1 amide bonds. The minimum absolute atomic E-state index is 0.158. The molecule has 0 aliphatic rings. The molecule has 0 spiro atoms. The third-order valence-corrected chi connectivity index (χ3v) is 6.38. The average Bonchev–Trinajstić information content (AvgIpc) is 2.87. The zero-order valence-electron chi connectivity index (χ0n) is 19.3. The number of hydrogen-bond donors (Lipinski definition) is 2. The van der Waals surface area contributed by atoms with Gasteiger partial charge in [0, 0.05) is 22.8 Å². The summed E-state index contributed by atoms with van der Waals surface area (Å²) in [7, 11) is 0. The van der Waals surface area contributed by atoms with Gasteiger partial charge in [-0.1, -0.05) is 85.3 Å². The maximum absolute atomic E-state index is 13.3. The van der Waals surface area contributed by atoms with Crippen LogP contribution < -0.4 is 11.1 Å². The first-order valence-electron chi connectivity index (χ1n) is 11.3. The Morgan fingerprint density at radius 3 is 2.12 bits per heavy atom. The lowest BCUT2D eigenvalue weighted by molar-refractivity contribution is -0.123. The van der Waals surface area contributed by atoms with Crippen molar-refractivity contribution in [2.24, 2.45) is 5.73 Å². The molecule has 4 aromatic rings. The number of nitrogens with zero attached hydrogens (tertiary/aromatic N) is 1. The predicted molar refractivity (Wildman–Crippen MR) is 139 cm³/mol. The van der Waals surface area contributed by atoms with Gasteiger partial charge in [0.1, 0.15) is 0 Å². The number of nitrogens with two attached hydrogens (primary N) is 1. The molecule has 1 unspecified atom stereocenters. The van der Waals surface area contributed by atoms with Crippen molar-refractivity contribution in [3.05, 3.63) is 125 Å². The Morgan fingerprint density at radius 1 is 0.853 bits per heavy atom. The minimum Gasteiger partial charge on any atom is -0.344 e. The van der Waals surface area contributed by atoms with Gasteiger partial charge in [0.25, 0.3) is 0 Å². The van der Waals surface area contributed by atoms with Crippen LogP contribution in [0.4, 0.5) is 0 Å². The van der Waals surface area contributed by atoms with Crippen molar-refractivity contribution in [3.8, 4) is 11.1 Å². The highest BCUT2D eigenvalue weighted by atomic mass is 35.5. The molecule has 0 saturated carbocycles. The molecular weight excluding hydrogens is 442 g/mol. The molecule has 0 saturated heterocycles. The normalized spacial score (nSPS) is 13.6.